The van der Waals surface area contributed by atoms with Gasteiger partial charge in [0.1, 0.15) is 11.3 Å². The number of carbonyl (C=O) groups excluding carboxylic acids is 1. The maximum atomic E-state index is 12.2. The number of hydrogen-bond acceptors (Lipinski definition) is 7. The highest BCUT2D eigenvalue weighted by molar-refractivity contribution is 7.16. The maximum Gasteiger partial charge on any atom is 0.396 e. The van der Waals surface area contributed by atoms with E-state index >= 15 is 0 Å². The van der Waals surface area contributed by atoms with Crippen LogP contribution < -0.4 is 19.1 Å². The topological polar surface area (TPSA) is 75.0 Å². The standard InChI is InChI=1S/C16H12O6S/c1-19-11-5-3-9(7-13(11)20-2)15(17)21-10-4-6-12-14(8-10)23-16(18)22-12/h3-8H,1-2H3. The Morgan fingerprint density at radius 3 is 2.57 bits per heavy atom. The predicted octanol–water partition coefficient (Wildman–Crippen LogP) is 3.09. The van der Waals surface area contributed by atoms with Crippen LogP contribution in [-0.4, -0.2) is 20.2 Å². The van der Waals surface area contributed by atoms with Gasteiger partial charge in [0.2, 0.25) is 0 Å². The van der Waals surface area contributed by atoms with Crippen LogP contribution >= 0.6 is 11.3 Å². The first-order chi connectivity index (χ1) is 11.1. The van der Waals surface area contributed by atoms with E-state index in [1.54, 1.807) is 30.3 Å². The summed E-state index contributed by atoms with van der Waals surface area (Å²) in [4.78, 5) is 23.0. The summed E-state index contributed by atoms with van der Waals surface area (Å²) >= 11 is 0.950. The van der Waals surface area contributed by atoms with Crippen LogP contribution in [0.1, 0.15) is 10.4 Å². The molecule has 0 bridgehead atoms. The Balaban J connectivity index is 1.86. The molecule has 3 aromatic rings. The van der Waals surface area contributed by atoms with Crippen molar-refractivity contribution in [2.75, 3.05) is 14.2 Å². The van der Waals surface area contributed by atoms with Gasteiger partial charge in [0.25, 0.3) is 0 Å². The van der Waals surface area contributed by atoms with E-state index in [-0.39, 0.29) is 0 Å². The van der Waals surface area contributed by atoms with Crippen LogP contribution in [0.4, 0.5) is 0 Å². The molecular formula is C16H12O6S. The summed E-state index contributed by atoms with van der Waals surface area (Å²) in [7, 11) is 3.00. The number of methoxy groups -OCH3 is 2. The van der Waals surface area contributed by atoms with Gasteiger partial charge in [0, 0.05) is 6.07 Å². The SMILES string of the molecule is COc1ccc(C(=O)Oc2ccc3oc(=O)sc3c2)cc1OC. The summed E-state index contributed by atoms with van der Waals surface area (Å²) in [6, 6.07) is 9.49. The second-order valence-corrected chi connectivity index (χ2v) is 5.50. The molecule has 2 aromatic carbocycles. The Bertz CT molecular complexity index is 924. The first-order valence-corrected chi connectivity index (χ1v) is 7.40. The fraction of sp³-hybridized carbons (Fsp3) is 0.125. The van der Waals surface area contributed by atoms with Crippen molar-refractivity contribution in [2.45, 2.75) is 0 Å². The van der Waals surface area contributed by atoms with E-state index in [1.807, 2.05) is 0 Å². The molecule has 1 heterocycles. The van der Waals surface area contributed by atoms with Gasteiger partial charge in [-0.3, -0.25) is 0 Å². The van der Waals surface area contributed by atoms with Gasteiger partial charge < -0.3 is 18.6 Å². The lowest BCUT2D eigenvalue weighted by Gasteiger charge is -2.09. The highest BCUT2D eigenvalue weighted by Gasteiger charge is 2.13. The Morgan fingerprint density at radius 2 is 1.83 bits per heavy atom. The number of rotatable bonds is 4. The van der Waals surface area contributed by atoms with Crippen molar-refractivity contribution >= 4 is 27.6 Å². The van der Waals surface area contributed by atoms with Gasteiger partial charge in [-0.2, -0.15) is 0 Å². The second-order valence-electron chi connectivity index (χ2n) is 4.52. The fourth-order valence-corrected chi connectivity index (χ4v) is 2.74. The molecule has 0 aliphatic heterocycles. The molecule has 0 unspecified atom stereocenters. The Hall–Kier alpha value is -2.80. The van der Waals surface area contributed by atoms with E-state index in [9.17, 15) is 9.59 Å². The monoisotopic (exact) mass is 332 g/mol. The van der Waals surface area contributed by atoms with Crippen molar-refractivity contribution in [1.82, 2.24) is 0 Å². The number of benzene rings is 2. The molecule has 118 valence electrons. The molecule has 23 heavy (non-hydrogen) atoms. The quantitative estimate of drug-likeness (QED) is 0.540. The molecule has 0 atom stereocenters. The highest BCUT2D eigenvalue weighted by Crippen LogP contribution is 2.28. The number of hydrogen-bond donors (Lipinski definition) is 0. The first kappa shape index (κ1) is 15.1. The number of carbonyl (C=O) groups is 1. The van der Waals surface area contributed by atoms with Gasteiger partial charge >= 0.3 is 10.9 Å². The molecular weight excluding hydrogens is 320 g/mol. The summed E-state index contributed by atoms with van der Waals surface area (Å²) in [5, 5.41) is 0. The van der Waals surface area contributed by atoms with Gasteiger partial charge in [-0.05, 0) is 30.3 Å². The third-order valence-electron chi connectivity index (χ3n) is 3.13. The molecule has 0 spiro atoms. The van der Waals surface area contributed by atoms with Crippen molar-refractivity contribution in [3.8, 4) is 17.2 Å². The zero-order valence-corrected chi connectivity index (χ0v) is 13.1. The summed E-state index contributed by atoms with van der Waals surface area (Å²) in [5.41, 5.74) is 0.786. The zero-order chi connectivity index (χ0) is 16.4. The summed E-state index contributed by atoms with van der Waals surface area (Å²) in [5.74, 6) is 0.745. The maximum absolute atomic E-state index is 12.2. The van der Waals surface area contributed by atoms with Crippen molar-refractivity contribution in [2.24, 2.45) is 0 Å². The normalized spacial score (nSPS) is 10.5. The van der Waals surface area contributed by atoms with Gasteiger partial charge in [-0.15, -0.1) is 0 Å². The molecule has 0 saturated heterocycles. The zero-order valence-electron chi connectivity index (χ0n) is 12.3. The first-order valence-electron chi connectivity index (χ1n) is 6.58. The molecule has 1 aromatic heterocycles. The Labute approximate surface area is 134 Å². The molecule has 0 fully saturated rings. The number of esters is 1. The minimum Gasteiger partial charge on any atom is -0.493 e. The summed E-state index contributed by atoms with van der Waals surface area (Å²) in [6.45, 7) is 0. The van der Waals surface area contributed by atoms with E-state index in [2.05, 4.69) is 0 Å². The van der Waals surface area contributed by atoms with Crippen LogP contribution in [0.15, 0.2) is 45.6 Å². The van der Waals surface area contributed by atoms with Crippen molar-refractivity contribution < 1.29 is 23.4 Å². The summed E-state index contributed by atoms with van der Waals surface area (Å²) in [6.07, 6.45) is 0. The minimum absolute atomic E-state index is 0.322. The molecule has 0 N–H and O–H groups in total. The Morgan fingerprint density at radius 1 is 1.04 bits per heavy atom. The molecule has 0 amide bonds. The van der Waals surface area contributed by atoms with E-state index in [0.29, 0.717) is 33.1 Å². The Kier molecular flexibility index (Phi) is 4.03. The average molecular weight is 332 g/mol. The van der Waals surface area contributed by atoms with Crippen LogP contribution in [0.5, 0.6) is 17.2 Å². The second kappa shape index (κ2) is 6.13. The fourth-order valence-electron chi connectivity index (χ4n) is 2.05. The number of fused-ring (bicyclic) bond motifs is 1. The van der Waals surface area contributed by atoms with E-state index in [1.165, 1.54) is 20.3 Å². The van der Waals surface area contributed by atoms with Crippen LogP contribution in [0.2, 0.25) is 0 Å². The largest absolute Gasteiger partial charge is 0.493 e. The van der Waals surface area contributed by atoms with Crippen LogP contribution in [0.3, 0.4) is 0 Å². The predicted molar refractivity (Wildman–Crippen MR) is 84.9 cm³/mol. The molecule has 0 saturated carbocycles. The molecule has 6 nitrogen and oxygen atoms in total. The third kappa shape index (κ3) is 3.04. The van der Waals surface area contributed by atoms with Crippen LogP contribution in [0.25, 0.3) is 10.3 Å². The lowest BCUT2D eigenvalue weighted by Crippen LogP contribution is -2.08. The van der Waals surface area contributed by atoms with Crippen LogP contribution in [0, 0.1) is 0 Å². The molecule has 3 rings (SSSR count). The average Bonchev–Trinajstić information content (AvgIpc) is 2.93. The molecule has 0 aliphatic rings. The number of ether oxygens (including phenoxy) is 3. The van der Waals surface area contributed by atoms with Gasteiger partial charge in [0.15, 0.2) is 11.5 Å². The molecule has 0 radical (unpaired) electrons. The van der Waals surface area contributed by atoms with Crippen molar-refractivity contribution in [3.05, 3.63) is 51.7 Å². The van der Waals surface area contributed by atoms with Gasteiger partial charge in [0.05, 0.1) is 24.5 Å². The molecule has 7 heteroatoms. The summed E-state index contributed by atoms with van der Waals surface area (Å²) < 4.78 is 21.2. The third-order valence-corrected chi connectivity index (χ3v) is 3.92. The van der Waals surface area contributed by atoms with Crippen molar-refractivity contribution in [3.63, 3.8) is 0 Å². The lowest BCUT2D eigenvalue weighted by molar-refractivity contribution is 0.0734. The molecule has 0 aliphatic carbocycles. The van der Waals surface area contributed by atoms with E-state index < -0.39 is 10.9 Å². The lowest BCUT2D eigenvalue weighted by atomic mass is 10.2. The smallest absolute Gasteiger partial charge is 0.396 e. The van der Waals surface area contributed by atoms with Gasteiger partial charge in [-0.25, -0.2) is 9.59 Å². The highest BCUT2D eigenvalue weighted by atomic mass is 32.1. The van der Waals surface area contributed by atoms with E-state index in [4.69, 9.17) is 18.6 Å². The van der Waals surface area contributed by atoms with Gasteiger partial charge in [-0.1, -0.05) is 11.3 Å². The van der Waals surface area contributed by atoms with Crippen molar-refractivity contribution in [1.29, 1.82) is 0 Å². The minimum atomic E-state index is -0.541. The van der Waals surface area contributed by atoms with E-state index in [0.717, 1.165) is 11.3 Å². The van der Waals surface area contributed by atoms with Crippen LogP contribution in [-0.2, 0) is 0 Å².